The fraction of sp³-hybridized carbons (Fsp3) is 0.227. The van der Waals surface area contributed by atoms with Crippen LogP contribution in [0.2, 0.25) is 0 Å². The third-order valence-corrected chi connectivity index (χ3v) is 4.77. The molecule has 1 aromatic heterocycles. The minimum absolute atomic E-state index is 0.00297. The van der Waals surface area contributed by atoms with Crippen LogP contribution in [0.1, 0.15) is 5.56 Å². The number of aliphatic carboxylic acids is 1. The summed E-state index contributed by atoms with van der Waals surface area (Å²) in [5.74, 6) is -1.40. The van der Waals surface area contributed by atoms with Crippen molar-refractivity contribution in [3.63, 3.8) is 0 Å². The highest BCUT2D eigenvalue weighted by Crippen LogP contribution is 2.31. The summed E-state index contributed by atoms with van der Waals surface area (Å²) in [6, 6.07) is 14.7. The number of anilines is 1. The van der Waals surface area contributed by atoms with Crippen LogP contribution >= 0.6 is 0 Å². The van der Waals surface area contributed by atoms with E-state index in [-0.39, 0.29) is 19.0 Å². The molecule has 0 spiro atoms. The molecule has 29 heavy (non-hydrogen) atoms. The van der Waals surface area contributed by atoms with E-state index in [1.54, 1.807) is 18.0 Å². The van der Waals surface area contributed by atoms with Gasteiger partial charge >= 0.3 is 11.6 Å². The van der Waals surface area contributed by atoms with Gasteiger partial charge in [0.25, 0.3) is 0 Å². The molecule has 2 aromatic carbocycles. The SMILES string of the molecule is Cc1ccccc1-c1cc(=O)oc2cc(N(C)CC(=O)N(C)CC(=O)O)ccc12. The van der Waals surface area contributed by atoms with Crippen molar-refractivity contribution >= 4 is 28.5 Å². The van der Waals surface area contributed by atoms with Gasteiger partial charge in [-0.3, -0.25) is 9.59 Å². The number of fused-ring (bicyclic) bond motifs is 1. The van der Waals surface area contributed by atoms with Crippen LogP contribution < -0.4 is 10.5 Å². The highest BCUT2D eigenvalue weighted by atomic mass is 16.4. The highest BCUT2D eigenvalue weighted by molar-refractivity contribution is 5.95. The summed E-state index contributed by atoms with van der Waals surface area (Å²) in [5.41, 5.74) is 3.45. The van der Waals surface area contributed by atoms with E-state index in [0.717, 1.165) is 27.0 Å². The lowest BCUT2D eigenvalue weighted by molar-refractivity contribution is -0.142. The minimum Gasteiger partial charge on any atom is -0.480 e. The molecule has 1 heterocycles. The normalized spacial score (nSPS) is 10.7. The van der Waals surface area contributed by atoms with Crippen molar-refractivity contribution in [3.8, 4) is 11.1 Å². The van der Waals surface area contributed by atoms with Crippen LogP contribution in [0.4, 0.5) is 5.69 Å². The van der Waals surface area contributed by atoms with Crippen molar-refractivity contribution in [1.82, 2.24) is 4.90 Å². The summed E-state index contributed by atoms with van der Waals surface area (Å²) < 4.78 is 5.40. The van der Waals surface area contributed by atoms with Crippen LogP contribution in [0.25, 0.3) is 22.1 Å². The first-order valence-corrected chi connectivity index (χ1v) is 9.07. The van der Waals surface area contributed by atoms with E-state index in [1.165, 1.54) is 13.1 Å². The number of hydrogen-bond acceptors (Lipinski definition) is 5. The summed E-state index contributed by atoms with van der Waals surface area (Å²) >= 11 is 0. The van der Waals surface area contributed by atoms with Gasteiger partial charge in [0.15, 0.2) is 0 Å². The minimum atomic E-state index is -1.07. The van der Waals surface area contributed by atoms with Gasteiger partial charge in [-0.1, -0.05) is 24.3 Å². The molecule has 3 rings (SSSR count). The van der Waals surface area contributed by atoms with Crippen molar-refractivity contribution < 1.29 is 19.1 Å². The molecule has 3 aromatic rings. The van der Waals surface area contributed by atoms with Gasteiger partial charge in [-0.2, -0.15) is 0 Å². The Morgan fingerprint density at radius 3 is 2.41 bits per heavy atom. The number of carbonyl (C=O) groups is 2. The summed E-state index contributed by atoms with van der Waals surface area (Å²) in [7, 11) is 3.16. The lowest BCUT2D eigenvalue weighted by Crippen LogP contribution is -2.39. The number of carbonyl (C=O) groups excluding carboxylic acids is 1. The maximum Gasteiger partial charge on any atom is 0.336 e. The zero-order valence-electron chi connectivity index (χ0n) is 16.5. The van der Waals surface area contributed by atoms with Crippen molar-refractivity contribution in [2.24, 2.45) is 0 Å². The van der Waals surface area contributed by atoms with E-state index in [4.69, 9.17) is 9.52 Å². The Labute approximate surface area is 167 Å². The number of likely N-dealkylation sites (N-methyl/N-ethyl adjacent to an activating group) is 2. The highest BCUT2D eigenvalue weighted by Gasteiger charge is 2.16. The van der Waals surface area contributed by atoms with Gasteiger partial charge in [0, 0.05) is 42.9 Å². The molecule has 0 saturated carbocycles. The molecule has 0 saturated heterocycles. The van der Waals surface area contributed by atoms with E-state index in [1.807, 2.05) is 43.3 Å². The van der Waals surface area contributed by atoms with Gasteiger partial charge in [0.2, 0.25) is 5.91 Å². The molecule has 150 valence electrons. The topological polar surface area (TPSA) is 91.1 Å². The van der Waals surface area contributed by atoms with E-state index in [9.17, 15) is 14.4 Å². The van der Waals surface area contributed by atoms with Gasteiger partial charge in [-0.15, -0.1) is 0 Å². The maximum atomic E-state index is 12.2. The molecule has 0 bridgehead atoms. The smallest absolute Gasteiger partial charge is 0.336 e. The molecule has 0 radical (unpaired) electrons. The molecule has 1 N–H and O–H groups in total. The van der Waals surface area contributed by atoms with E-state index < -0.39 is 11.6 Å². The first kappa shape index (κ1) is 20.1. The molecule has 0 atom stereocenters. The van der Waals surface area contributed by atoms with E-state index >= 15 is 0 Å². The van der Waals surface area contributed by atoms with Crippen LogP contribution in [0.3, 0.4) is 0 Å². The van der Waals surface area contributed by atoms with Crippen molar-refractivity contribution in [2.45, 2.75) is 6.92 Å². The second-order valence-electron chi connectivity index (χ2n) is 6.97. The number of nitrogens with zero attached hydrogens (tertiary/aromatic N) is 2. The molecule has 0 unspecified atom stereocenters. The van der Waals surface area contributed by atoms with Crippen molar-refractivity contribution in [3.05, 3.63) is 64.5 Å². The Kier molecular flexibility index (Phi) is 5.68. The molecule has 1 amide bonds. The van der Waals surface area contributed by atoms with Gasteiger partial charge in [0.05, 0.1) is 6.54 Å². The first-order valence-electron chi connectivity index (χ1n) is 9.07. The number of hydrogen-bond donors (Lipinski definition) is 1. The lowest BCUT2D eigenvalue weighted by Gasteiger charge is -2.22. The zero-order chi connectivity index (χ0) is 21.1. The average Bonchev–Trinajstić information content (AvgIpc) is 2.66. The van der Waals surface area contributed by atoms with Crippen LogP contribution in [0.5, 0.6) is 0 Å². The predicted octanol–water partition coefficient (Wildman–Crippen LogP) is 2.75. The molecule has 7 heteroatoms. The fourth-order valence-electron chi connectivity index (χ4n) is 3.19. The van der Waals surface area contributed by atoms with Crippen LogP contribution in [0.15, 0.2) is 57.7 Å². The standard InChI is InChI=1S/C22H22N2O5/c1-14-6-4-5-7-16(14)18-11-22(28)29-19-10-15(8-9-17(18)19)23(2)12-20(25)24(3)13-21(26)27/h4-11H,12-13H2,1-3H3,(H,26,27). The summed E-state index contributed by atoms with van der Waals surface area (Å²) in [6.45, 7) is 1.62. The van der Waals surface area contributed by atoms with Gasteiger partial charge < -0.3 is 19.3 Å². The largest absolute Gasteiger partial charge is 0.480 e. The van der Waals surface area contributed by atoms with Gasteiger partial charge in [-0.05, 0) is 30.2 Å². The van der Waals surface area contributed by atoms with Crippen LogP contribution in [-0.2, 0) is 9.59 Å². The van der Waals surface area contributed by atoms with Gasteiger partial charge in [-0.25, -0.2) is 4.79 Å². The summed E-state index contributed by atoms with van der Waals surface area (Å²) in [4.78, 5) is 37.9. The Balaban J connectivity index is 1.95. The van der Waals surface area contributed by atoms with Gasteiger partial charge in [0.1, 0.15) is 12.1 Å². The third kappa shape index (κ3) is 4.45. The van der Waals surface area contributed by atoms with E-state index in [0.29, 0.717) is 11.3 Å². The number of carboxylic acids is 1. The summed E-state index contributed by atoms with van der Waals surface area (Å²) in [6.07, 6.45) is 0. The van der Waals surface area contributed by atoms with E-state index in [2.05, 4.69) is 0 Å². The average molecular weight is 394 g/mol. The second-order valence-corrected chi connectivity index (χ2v) is 6.97. The van der Waals surface area contributed by atoms with Crippen LogP contribution in [-0.4, -0.2) is 49.1 Å². The Morgan fingerprint density at radius 1 is 1.00 bits per heavy atom. The van der Waals surface area contributed by atoms with Crippen molar-refractivity contribution in [2.75, 3.05) is 32.1 Å². The molecule has 7 nitrogen and oxygen atoms in total. The van der Waals surface area contributed by atoms with Crippen molar-refractivity contribution in [1.29, 1.82) is 0 Å². The molecule has 0 aliphatic heterocycles. The third-order valence-electron chi connectivity index (χ3n) is 4.77. The zero-order valence-corrected chi connectivity index (χ0v) is 16.5. The molecule has 0 aliphatic rings. The Morgan fingerprint density at radius 2 is 1.72 bits per heavy atom. The fourth-order valence-corrected chi connectivity index (χ4v) is 3.19. The monoisotopic (exact) mass is 394 g/mol. The molecule has 0 aliphatic carbocycles. The van der Waals surface area contributed by atoms with Crippen LogP contribution in [0, 0.1) is 6.92 Å². The Hall–Kier alpha value is -3.61. The molecular formula is C22H22N2O5. The first-order chi connectivity index (χ1) is 13.8. The second kappa shape index (κ2) is 8.18. The number of carboxylic acid groups (broad SMARTS) is 1. The number of aryl methyl sites for hydroxylation is 1. The molecular weight excluding hydrogens is 372 g/mol. The maximum absolute atomic E-state index is 12.2. The quantitative estimate of drug-likeness (QED) is 0.647. The number of rotatable bonds is 6. The lowest BCUT2D eigenvalue weighted by atomic mass is 9.98. The summed E-state index contributed by atoms with van der Waals surface area (Å²) in [5, 5.41) is 9.61. The number of amides is 1. The number of benzene rings is 2. The molecule has 0 fully saturated rings. The Bertz CT molecular complexity index is 1140. The predicted molar refractivity (Wildman–Crippen MR) is 111 cm³/mol.